The monoisotopic (exact) mass is 170 g/mol. The molecule has 0 bridgehead atoms. The van der Waals surface area contributed by atoms with E-state index in [0.29, 0.717) is 0 Å². The second-order valence-corrected chi connectivity index (χ2v) is 4.83. The van der Waals surface area contributed by atoms with Crippen molar-refractivity contribution in [3.8, 4) is 0 Å². The van der Waals surface area contributed by atoms with E-state index in [4.69, 9.17) is 0 Å². The lowest BCUT2D eigenvalue weighted by atomic mass is 9.86. The minimum atomic E-state index is 0.00427. The van der Waals surface area contributed by atoms with Crippen LogP contribution in [0.15, 0.2) is 0 Å². The molecule has 72 valence electrons. The van der Waals surface area contributed by atoms with Crippen LogP contribution in [0.5, 0.6) is 0 Å². The van der Waals surface area contributed by atoms with Crippen molar-refractivity contribution >= 4 is 0 Å². The van der Waals surface area contributed by atoms with Gasteiger partial charge in [0.1, 0.15) is 0 Å². The number of aliphatic hydroxyl groups is 1. The Bertz CT molecular complexity index is 131. The molecular weight excluding hydrogens is 148 g/mol. The predicted octanol–water partition coefficient (Wildman–Crippen LogP) is 2.83. The highest BCUT2D eigenvalue weighted by Crippen LogP contribution is 2.34. The van der Waals surface area contributed by atoms with Crippen LogP contribution in [-0.4, -0.2) is 11.2 Å². The summed E-state index contributed by atoms with van der Waals surface area (Å²) in [5.41, 5.74) is 0. The van der Waals surface area contributed by atoms with E-state index >= 15 is 0 Å². The van der Waals surface area contributed by atoms with Gasteiger partial charge in [0, 0.05) is 0 Å². The zero-order chi connectivity index (χ0) is 9.14. The van der Waals surface area contributed by atoms with Crippen LogP contribution < -0.4 is 0 Å². The Morgan fingerprint density at radius 3 is 2.33 bits per heavy atom. The smallest absolute Gasteiger partial charge is 0.0543 e. The van der Waals surface area contributed by atoms with Crippen molar-refractivity contribution in [2.75, 3.05) is 0 Å². The fourth-order valence-corrected chi connectivity index (χ4v) is 2.44. The molecule has 1 aliphatic rings. The van der Waals surface area contributed by atoms with Gasteiger partial charge in [-0.25, -0.2) is 0 Å². The van der Waals surface area contributed by atoms with Crippen LogP contribution in [0.2, 0.25) is 0 Å². The highest BCUT2D eigenvalue weighted by molar-refractivity contribution is 4.78. The van der Waals surface area contributed by atoms with Crippen LogP contribution in [0.4, 0.5) is 0 Å². The average molecular weight is 170 g/mol. The molecule has 12 heavy (non-hydrogen) atoms. The second kappa shape index (κ2) is 4.27. The van der Waals surface area contributed by atoms with Crippen LogP contribution in [0.25, 0.3) is 0 Å². The fraction of sp³-hybridized carbons (Fsp3) is 1.00. The summed E-state index contributed by atoms with van der Waals surface area (Å²) in [6.45, 7) is 6.90. The van der Waals surface area contributed by atoms with Crippen LogP contribution >= 0.6 is 0 Å². The molecule has 1 aliphatic carbocycles. The van der Waals surface area contributed by atoms with Gasteiger partial charge in [-0.2, -0.15) is 0 Å². The fourth-order valence-electron chi connectivity index (χ4n) is 2.44. The van der Waals surface area contributed by atoms with Gasteiger partial charge in [-0.1, -0.05) is 20.8 Å². The van der Waals surface area contributed by atoms with Gasteiger partial charge in [-0.3, -0.25) is 0 Å². The number of hydrogen-bond donors (Lipinski definition) is 1. The van der Waals surface area contributed by atoms with Crippen LogP contribution in [0.1, 0.15) is 46.5 Å². The van der Waals surface area contributed by atoms with E-state index in [1.807, 2.05) is 0 Å². The Morgan fingerprint density at radius 1 is 1.25 bits per heavy atom. The molecule has 0 aromatic heterocycles. The Morgan fingerprint density at radius 2 is 1.92 bits per heavy atom. The molecule has 3 unspecified atom stereocenters. The van der Waals surface area contributed by atoms with Crippen LogP contribution in [0.3, 0.4) is 0 Å². The van der Waals surface area contributed by atoms with Crippen molar-refractivity contribution in [3.63, 3.8) is 0 Å². The van der Waals surface area contributed by atoms with Crippen LogP contribution in [-0.2, 0) is 0 Å². The molecule has 0 radical (unpaired) electrons. The number of rotatable bonds is 3. The maximum atomic E-state index is 9.38. The molecule has 0 aliphatic heterocycles. The summed E-state index contributed by atoms with van der Waals surface area (Å²) in [5, 5.41) is 9.38. The third kappa shape index (κ3) is 2.78. The molecule has 0 spiro atoms. The van der Waals surface area contributed by atoms with Gasteiger partial charge >= 0.3 is 0 Å². The van der Waals surface area contributed by atoms with Gasteiger partial charge in [0.15, 0.2) is 0 Å². The third-order valence-electron chi connectivity index (χ3n) is 3.09. The van der Waals surface area contributed by atoms with Crippen molar-refractivity contribution in [2.24, 2.45) is 17.8 Å². The molecule has 0 aromatic rings. The first-order valence-electron chi connectivity index (χ1n) is 5.27. The first-order chi connectivity index (χ1) is 5.59. The minimum Gasteiger partial charge on any atom is -0.393 e. The van der Waals surface area contributed by atoms with Crippen LogP contribution in [0, 0.1) is 17.8 Å². The number of aliphatic hydroxyl groups excluding tert-OH is 1. The van der Waals surface area contributed by atoms with Crippen molar-refractivity contribution in [1.82, 2.24) is 0 Å². The molecule has 0 amide bonds. The molecule has 1 rings (SSSR count). The first-order valence-corrected chi connectivity index (χ1v) is 5.27. The Kier molecular flexibility index (Phi) is 3.57. The topological polar surface area (TPSA) is 20.2 Å². The van der Waals surface area contributed by atoms with Gasteiger partial charge in [-0.05, 0) is 43.4 Å². The highest BCUT2D eigenvalue weighted by Gasteiger charge is 2.27. The summed E-state index contributed by atoms with van der Waals surface area (Å²) in [5.74, 6) is 2.40. The van der Waals surface area contributed by atoms with E-state index in [2.05, 4.69) is 20.8 Å². The average Bonchev–Trinajstić information content (AvgIpc) is 2.34. The molecule has 0 aromatic carbocycles. The largest absolute Gasteiger partial charge is 0.393 e. The molecule has 0 heterocycles. The zero-order valence-electron chi connectivity index (χ0n) is 8.59. The Hall–Kier alpha value is -0.0400. The van der Waals surface area contributed by atoms with E-state index in [0.717, 1.165) is 30.6 Å². The first kappa shape index (κ1) is 10.0. The molecule has 1 heteroatoms. The predicted molar refractivity (Wildman–Crippen MR) is 52.0 cm³/mol. The van der Waals surface area contributed by atoms with Gasteiger partial charge in [0.25, 0.3) is 0 Å². The zero-order valence-corrected chi connectivity index (χ0v) is 8.59. The summed E-state index contributed by atoms with van der Waals surface area (Å²) >= 11 is 0. The standard InChI is InChI=1S/C11H22O/c1-8(2)6-9(3)10-4-5-11(12)7-10/h8-12H,4-7H2,1-3H3. The maximum Gasteiger partial charge on any atom is 0.0543 e. The van der Waals surface area contributed by atoms with E-state index in [1.165, 1.54) is 12.8 Å². The lowest BCUT2D eigenvalue weighted by molar-refractivity contribution is 0.169. The molecule has 0 saturated heterocycles. The van der Waals surface area contributed by atoms with E-state index in [-0.39, 0.29) is 6.10 Å². The van der Waals surface area contributed by atoms with Gasteiger partial charge < -0.3 is 5.11 Å². The van der Waals surface area contributed by atoms with E-state index in [1.54, 1.807) is 0 Å². The molecular formula is C11H22O. The second-order valence-electron chi connectivity index (χ2n) is 4.83. The molecule has 1 saturated carbocycles. The highest BCUT2D eigenvalue weighted by atomic mass is 16.3. The van der Waals surface area contributed by atoms with E-state index < -0.39 is 0 Å². The lowest BCUT2D eigenvalue weighted by Crippen LogP contribution is -2.12. The summed E-state index contributed by atoms with van der Waals surface area (Å²) < 4.78 is 0. The SMILES string of the molecule is CC(C)CC(C)C1CCC(O)C1. The molecule has 1 fully saturated rings. The summed E-state index contributed by atoms with van der Waals surface area (Å²) in [6.07, 6.45) is 4.65. The lowest BCUT2D eigenvalue weighted by Gasteiger charge is -2.20. The minimum absolute atomic E-state index is 0.00427. The third-order valence-corrected chi connectivity index (χ3v) is 3.09. The normalized spacial score (nSPS) is 32.8. The quantitative estimate of drug-likeness (QED) is 0.690. The van der Waals surface area contributed by atoms with Crippen molar-refractivity contribution in [2.45, 2.75) is 52.6 Å². The molecule has 1 N–H and O–H groups in total. The van der Waals surface area contributed by atoms with E-state index in [9.17, 15) is 5.11 Å². The van der Waals surface area contributed by atoms with Crippen molar-refractivity contribution < 1.29 is 5.11 Å². The molecule has 1 nitrogen and oxygen atoms in total. The summed E-state index contributed by atoms with van der Waals surface area (Å²) in [4.78, 5) is 0. The Balaban J connectivity index is 2.28. The molecule has 3 atom stereocenters. The number of hydrogen-bond acceptors (Lipinski definition) is 1. The van der Waals surface area contributed by atoms with Gasteiger partial charge in [0.05, 0.1) is 6.10 Å². The van der Waals surface area contributed by atoms with Gasteiger partial charge in [-0.15, -0.1) is 0 Å². The summed E-state index contributed by atoms with van der Waals surface area (Å²) in [6, 6.07) is 0. The maximum absolute atomic E-state index is 9.38. The Labute approximate surface area is 76.2 Å². The van der Waals surface area contributed by atoms with Crippen molar-refractivity contribution in [1.29, 1.82) is 0 Å². The van der Waals surface area contributed by atoms with Crippen molar-refractivity contribution in [3.05, 3.63) is 0 Å². The van der Waals surface area contributed by atoms with Gasteiger partial charge in [0.2, 0.25) is 0 Å². The summed E-state index contributed by atoms with van der Waals surface area (Å²) in [7, 11) is 0.